The van der Waals surface area contributed by atoms with E-state index in [1.165, 1.54) is 0 Å². The van der Waals surface area contributed by atoms with Crippen LogP contribution in [0.4, 0.5) is 5.69 Å². The summed E-state index contributed by atoms with van der Waals surface area (Å²) in [6, 6.07) is 7.71. The van der Waals surface area contributed by atoms with Gasteiger partial charge in [0.15, 0.2) is 0 Å². The molecule has 0 bridgehead atoms. The zero-order chi connectivity index (χ0) is 12.3. The SMILES string of the molecule is CC(C(=O)O)c1ccccc1N1CCOCC1. The summed E-state index contributed by atoms with van der Waals surface area (Å²) >= 11 is 0. The summed E-state index contributed by atoms with van der Waals surface area (Å²) in [5, 5.41) is 9.12. The molecule has 1 atom stereocenters. The van der Waals surface area contributed by atoms with Gasteiger partial charge in [0.2, 0.25) is 0 Å². The van der Waals surface area contributed by atoms with E-state index in [0.29, 0.717) is 13.2 Å². The number of para-hydroxylation sites is 1. The van der Waals surface area contributed by atoms with Gasteiger partial charge in [-0.15, -0.1) is 0 Å². The van der Waals surface area contributed by atoms with Crippen LogP contribution >= 0.6 is 0 Å². The Hall–Kier alpha value is -1.55. The molecule has 4 nitrogen and oxygen atoms in total. The van der Waals surface area contributed by atoms with E-state index in [9.17, 15) is 4.79 Å². The first-order chi connectivity index (χ1) is 8.20. The molecule has 1 fully saturated rings. The van der Waals surface area contributed by atoms with Crippen LogP contribution in [0, 0.1) is 0 Å². The molecular formula is C13H17NO3. The summed E-state index contributed by atoms with van der Waals surface area (Å²) in [6.45, 7) is 4.78. The molecule has 1 N–H and O–H groups in total. The van der Waals surface area contributed by atoms with E-state index >= 15 is 0 Å². The lowest BCUT2D eigenvalue weighted by Crippen LogP contribution is -2.37. The van der Waals surface area contributed by atoms with Crippen LogP contribution < -0.4 is 4.90 Å². The Kier molecular flexibility index (Phi) is 3.64. The predicted octanol–water partition coefficient (Wildman–Crippen LogP) is 1.71. The van der Waals surface area contributed by atoms with E-state index < -0.39 is 11.9 Å². The van der Waals surface area contributed by atoms with Gasteiger partial charge in [0, 0.05) is 18.8 Å². The van der Waals surface area contributed by atoms with Gasteiger partial charge in [-0.2, -0.15) is 0 Å². The third kappa shape index (κ3) is 2.58. The first-order valence-electron chi connectivity index (χ1n) is 5.84. The summed E-state index contributed by atoms with van der Waals surface area (Å²) in [7, 11) is 0. The summed E-state index contributed by atoms with van der Waals surface area (Å²) in [4.78, 5) is 13.3. The zero-order valence-corrected chi connectivity index (χ0v) is 9.93. The van der Waals surface area contributed by atoms with Crippen molar-refractivity contribution in [2.75, 3.05) is 31.2 Å². The van der Waals surface area contributed by atoms with Gasteiger partial charge < -0.3 is 14.7 Å². The molecule has 1 aliphatic heterocycles. The molecule has 1 aromatic rings. The monoisotopic (exact) mass is 235 g/mol. The third-order valence-electron chi connectivity index (χ3n) is 3.13. The summed E-state index contributed by atoms with van der Waals surface area (Å²) in [6.07, 6.45) is 0. The number of nitrogens with zero attached hydrogens (tertiary/aromatic N) is 1. The molecule has 0 saturated carbocycles. The van der Waals surface area contributed by atoms with Crippen molar-refractivity contribution in [3.05, 3.63) is 29.8 Å². The first kappa shape index (κ1) is 11.9. The van der Waals surface area contributed by atoms with E-state index in [0.717, 1.165) is 24.3 Å². The third-order valence-corrected chi connectivity index (χ3v) is 3.13. The number of anilines is 1. The van der Waals surface area contributed by atoms with Crippen molar-refractivity contribution in [3.63, 3.8) is 0 Å². The largest absolute Gasteiger partial charge is 0.481 e. The molecule has 0 radical (unpaired) electrons. The molecule has 0 aromatic heterocycles. The molecule has 1 heterocycles. The van der Waals surface area contributed by atoms with Crippen molar-refractivity contribution >= 4 is 11.7 Å². The minimum Gasteiger partial charge on any atom is -0.481 e. The van der Waals surface area contributed by atoms with Crippen molar-refractivity contribution in [2.45, 2.75) is 12.8 Å². The van der Waals surface area contributed by atoms with Crippen LogP contribution in [0.25, 0.3) is 0 Å². The Balaban J connectivity index is 2.29. The molecule has 17 heavy (non-hydrogen) atoms. The highest BCUT2D eigenvalue weighted by molar-refractivity contribution is 5.78. The number of carbonyl (C=O) groups is 1. The summed E-state index contributed by atoms with van der Waals surface area (Å²) in [5.74, 6) is -1.26. The number of morpholine rings is 1. The van der Waals surface area contributed by atoms with Crippen LogP contribution in [0.15, 0.2) is 24.3 Å². The molecular weight excluding hydrogens is 218 g/mol. The van der Waals surface area contributed by atoms with Crippen LogP contribution in [0.3, 0.4) is 0 Å². The number of rotatable bonds is 3. The van der Waals surface area contributed by atoms with Crippen LogP contribution in [0.2, 0.25) is 0 Å². The average Bonchev–Trinajstić information content (AvgIpc) is 2.39. The van der Waals surface area contributed by atoms with Gasteiger partial charge in [-0.3, -0.25) is 4.79 Å². The normalized spacial score (nSPS) is 17.8. The van der Waals surface area contributed by atoms with Crippen LogP contribution in [0.1, 0.15) is 18.4 Å². The fraction of sp³-hybridized carbons (Fsp3) is 0.462. The Bertz CT molecular complexity index is 399. The Morgan fingerprint density at radius 2 is 2.00 bits per heavy atom. The van der Waals surface area contributed by atoms with E-state index in [2.05, 4.69) is 4.90 Å². The highest BCUT2D eigenvalue weighted by atomic mass is 16.5. The number of carboxylic acids is 1. The molecule has 0 aliphatic carbocycles. The van der Waals surface area contributed by atoms with Crippen LogP contribution in [0.5, 0.6) is 0 Å². The number of benzene rings is 1. The van der Waals surface area contributed by atoms with Gasteiger partial charge in [-0.05, 0) is 18.6 Å². The zero-order valence-electron chi connectivity index (χ0n) is 9.93. The molecule has 4 heteroatoms. The molecule has 2 rings (SSSR count). The second kappa shape index (κ2) is 5.19. The maximum Gasteiger partial charge on any atom is 0.310 e. The first-order valence-corrected chi connectivity index (χ1v) is 5.84. The molecule has 0 amide bonds. The van der Waals surface area contributed by atoms with E-state index in [1.807, 2.05) is 24.3 Å². The van der Waals surface area contributed by atoms with Crippen molar-refractivity contribution in [3.8, 4) is 0 Å². The minimum atomic E-state index is -0.786. The van der Waals surface area contributed by atoms with Crippen molar-refractivity contribution in [2.24, 2.45) is 0 Å². The molecule has 1 unspecified atom stereocenters. The van der Waals surface area contributed by atoms with Crippen molar-refractivity contribution in [1.82, 2.24) is 0 Å². The number of carboxylic acid groups (broad SMARTS) is 1. The van der Waals surface area contributed by atoms with Gasteiger partial charge in [0.25, 0.3) is 0 Å². The Labute approximate surface area is 101 Å². The van der Waals surface area contributed by atoms with E-state index in [4.69, 9.17) is 9.84 Å². The maximum absolute atomic E-state index is 11.1. The highest BCUT2D eigenvalue weighted by Gasteiger charge is 2.21. The number of ether oxygens (including phenoxy) is 1. The van der Waals surface area contributed by atoms with Gasteiger partial charge in [0.05, 0.1) is 19.1 Å². The van der Waals surface area contributed by atoms with Crippen molar-refractivity contribution < 1.29 is 14.6 Å². The van der Waals surface area contributed by atoms with Gasteiger partial charge in [-0.1, -0.05) is 18.2 Å². The quantitative estimate of drug-likeness (QED) is 0.866. The second-order valence-electron chi connectivity index (χ2n) is 4.22. The average molecular weight is 235 g/mol. The fourth-order valence-corrected chi connectivity index (χ4v) is 2.08. The van der Waals surface area contributed by atoms with Gasteiger partial charge >= 0.3 is 5.97 Å². The minimum absolute atomic E-state index is 0.478. The standard InChI is InChI=1S/C13H17NO3/c1-10(13(15)16)11-4-2-3-5-12(11)14-6-8-17-9-7-14/h2-5,10H,6-9H2,1H3,(H,15,16). The molecule has 0 spiro atoms. The highest BCUT2D eigenvalue weighted by Crippen LogP contribution is 2.28. The molecule has 1 aliphatic rings. The number of hydrogen-bond donors (Lipinski definition) is 1. The lowest BCUT2D eigenvalue weighted by atomic mass is 9.98. The number of aliphatic carboxylic acids is 1. The fourth-order valence-electron chi connectivity index (χ4n) is 2.08. The Morgan fingerprint density at radius 1 is 1.35 bits per heavy atom. The summed E-state index contributed by atoms with van der Waals surface area (Å²) in [5.41, 5.74) is 1.90. The van der Waals surface area contributed by atoms with Crippen LogP contribution in [-0.2, 0) is 9.53 Å². The summed E-state index contributed by atoms with van der Waals surface area (Å²) < 4.78 is 5.31. The lowest BCUT2D eigenvalue weighted by Gasteiger charge is -2.31. The van der Waals surface area contributed by atoms with Crippen molar-refractivity contribution in [1.29, 1.82) is 0 Å². The predicted molar refractivity (Wildman–Crippen MR) is 65.5 cm³/mol. The van der Waals surface area contributed by atoms with Gasteiger partial charge in [0.1, 0.15) is 0 Å². The van der Waals surface area contributed by atoms with E-state index in [-0.39, 0.29) is 0 Å². The molecule has 92 valence electrons. The Morgan fingerprint density at radius 3 is 2.65 bits per heavy atom. The molecule has 1 aromatic carbocycles. The van der Waals surface area contributed by atoms with Crippen LogP contribution in [-0.4, -0.2) is 37.4 Å². The van der Waals surface area contributed by atoms with Gasteiger partial charge in [-0.25, -0.2) is 0 Å². The second-order valence-corrected chi connectivity index (χ2v) is 4.22. The topological polar surface area (TPSA) is 49.8 Å². The lowest BCUT2D eigenvalue weighted by molar-refractivity contribution is -0.138. The number of hydrogen-bond acceptors (Lipinski definition) is 3. The molecule has 1 saturated heterocycles. The van der Waals surface area contributed by atoms with E-state index in [1.54, 1.807) is 6.92 Å². The smallest absolute Gasteiger partial charge is 0.310 e. The maximum atomic E-state index is 11.1.